The van der Waals surface area contributed by atoms with E-state index in [2.05, 4.69) is 13.2 Å². The normalized spacial score (nSPS) is 12.9. The zero-order valence-electron chi connectivity index (χ0n) is 22.0. The topological polar surface area (TPSA) is 108 Å². The smallest absolute Gasteiger partial charge is 0.343 e. The van der Waals surface area contributed by atoms with Gasteiger partial charge in [-0.25, -0.2) is 9.59 Å². The number of aldehydes is 1. The summed E-state index contributed by atoms with van der Waals surface area (Å²) in [5, 5.41) is 10.5. The molecule has 0 aliphatic rings. The van der Waals surface area contributed by atoms with Crippen LogP contribution in [0, 0.1) is 0 Å². The molecule has 8 heteroatoms. The third kappa shape index (κ3) is 10.2. The third-order valence-corrected chi connectivity index (χ3v) is 5.53. The van der Waals surface area contributed by atoms with Gasteiger partial charge >= 0.3 is 11.9 Å². The minimum atomic E-state index is -0.873. The first-order chi connectivity index (χ1) is 18.3. The minimum absolute atomic E-state index is 0.130. The molecule has 38 heavy (non-hydrogen) atoms. The Hall–Kier alpha value is -3.91. The molecule has 1 N–H and O–H groups in total. The van der Waals surface area contributed by atoms with Crippen molar-refractivity contribution in [2.24, 2.45) is 0 Å². The van der Waals surface area contributed by atoms with Crippen molar-refractivity contribution in [1.82, 2.24) is 0 Å². The Bertz CT molecular complexity index is 1060. The van der Waals surface area contributed by atoms with Crippen LogP contribution < -0.4 is 14.2 Å². The lowest BCUT2D eigenvalue weighted by Crippen LogP contribution is -2.32. The predicted octanol–water partition coefficient (Wildman–Crippen LogP) is 5.58. The van der Waals surface area contributed by atoms with Crippen LogP contribution in [0.5, 0.6) is 17.2 Å². The van der Waals surface area contributed by atoms with Crippen LogP contribution in [0.1, 0.15) is 62.7 Å². The lowest BCUT2D eigenvalue weighted by Gasteiger charge is -2.24. The zero-order chi connectivity index (χ0) is 27.9. The fraction of sp³-hybridized carbons (Fsp3) is 0.367. The van der Waals surface area contributed by atoms with Gasteiger partial charge in [-0.15, -0.1) is 0 Å². The van der Waals surface area contributed by atoms with Crippen molar-refractivity contribution in [2.75, 3.05) is 0 Å². The SMILES string of the molecule is C=CC(=O)OC(CCC)Oc1ccc(OC(=O)c2ccc(OC(CCCC)C(O)CC(=C)C=O)cc2)cc1. The van der Waals surface area contributed by atoms with Crippen LogP contribution in [0.3, 0.4) is 0 Å². The molecular formula is C30H36O8. The van der Waals surface area contributed by atoms with E-state index in [4.69, 9.17) is 18.9 Å². The summed E-state index contributed by atoms with van der Waals surface area (Å²) in [4.78, 5) is 35.0. The maximum atomic E-state index is 12.6. The fourth-order valence-corrected chi connectivity index (χ4v) is 3.49. The number of hydrogen-bond acceptors (Lipinski definition) is 8. The lowest BCUT2D eigenvalue weighted by atomic mass is 10.0. The number of aliphatic hydroxyl groups is 1. The van der Waals surface area contributed by atoms with Crippen LogP contribution in [-0.4, -0.2) is 41.8 Å². The highest BCUT2D eigenvalue weighted by Crippen LogP contribution is 2.23. The Morgan fingerprint density at radius 2 is 1.53 bits per heavy atom. The molecule has 2 aromatic rings. The van der Waals surface area contributed by atoms with E-state index in [1.807, 2.05) is 13.8 Å². The number of ether oxygens (including phenoxy) is 4. The van der Waals surface area contributed by atoms with E-state index in [-0.39, 0.29) is 6.42 Å². The minimum Gasteiger partial charge on any atom is -0.488 e. The molecule has 0 spiro atoms. The Morgan fingerprint density at radius 1 is 0.921 bits per heavy atom. The van der Waals surface area contributed by atoms with Crippen molar-refractivity contribution in [3.63, 3.8) is 0 Å². The van der Waals surface area contributed by atoms with E-state index >= 15 is 0 Å². The molecule has 0 bridgehead atoms. The number of aliphatic hydroxyl groups excluding tert-OH is 1. The molecule has 2 rings (SSSR count). The van der Waals surface area contributed by atoms with E-state index in [0.717, 1.165) is 25.3 Å². The average Bonchev–Trinajstić information content (AvgIpc) is 2.92. The van der Waals surface area contributed by atoms with Gasteiger partial charge in [0.1, 0.15) is 29.6 Å². The Kier molecular flexibility index (Phi) is 12.8. The highest BCUT2D eigenvalue weighted by atomic mass is 16.7. The lowest BCUT2D eigenvalue weighted by molar-refractivity contribution is -0.158. The zero-order valence-corrected chi connectivity index (χ0v) is 22.0. The summed E-state index contributed by atoms with van der Waals surface area (Å²) in [5.41, 5.74) is 0.620. The molecule has 2 aromatic carbocycles. The molecule has 0 radical (unpaired) electrons. The van der Waals surface area contributed by atoms with Gasteiger partial charge in [0.05, 0.1) is 11.7 Å². The quantitative estimate of drug-likeness (QED) is 0.0939. The molecule has 0 heterocycles. The van der Waals surface area contributed by atoms with Gasteiger partial charge in [0.15, 0.2) is 0 Å². The van der Waals surface area contributed by atoms with Gasteiger partial charge in [-0.2, -0.15) is 0 Å². The van der Waals surface area contributed by atoms with E-state index < -0.39 is 30.4 Å². The molecule has 3 atom stereocenters. The van der Waals surface area contributed by atoms with Crippen molar-refractivity contribution in [2.45, 2.75) is 70.9 Å². The van der Waals surface area contributed by atoms with Gasteiger partial charge in [0.25, 0.3) is 0 Å². The van der Waals surface area contributed by atoms with E-state index in [9.17, 15) is 19.5 Å². The van der Waals surface area contributed by atoms with Gasteiger partial charge in [0.2, 0.25) is 6.29 Å². The second kappa shape index (κ2) is 16.0. The highest BCUT2D eigenvalue weighted by Gasteiger charge is 2.22. The van der Waals surface area contributed by atoms with Crippen molar-refractivity contribution in [1.29, 1.82) is 0 Å². The largest absolute Gasteiger partial charge is 0.488 e. The first-order valence-electron chi connectivity index (χ1n) is 12.7. The Labute approximate surface area is 223 Å². The Balaban J connectivity index is 1.98. The van der Waals surface area contributed by atoms with Crippen LogP contribution in [0.4, 0.5) is 0 Å². The highest BCUT2D eigenvalue weighted by molar-refractivity contribution is 5.91. The number of carbonyl (C=O) groups is 3. The molecule has 3 unspecified atom stereocenters. The summed E-state index contributed by atoms with van der Waals surface area (Å²) in [6.07, 6.45) is 3.38. The summed E-state index contributed by atoms with van der Waals surface area (Å²) in [7, 11) is 0. The molecule has 0 saturated carbocycles. The molecule has 0 aliphatic carbocycles. The summed E-state index contributed by atoms with van der Waals surface area (Å²) in [6, 6.07) is 12.8. The summed E-state index contributed by atoms with van der Waals surface area (Å²) < 4.78 is 22.3. The molecule has 0 saturated heterocycles. The second-order valence-corrected chi connectivity index (χ2v) is 8.71. The van der Waals surface area contributed by atoms with Crippen molar-refractivity contribution in [3.8, 4) is 17.2 Å². The van der Waals surface area contributed by atoms with Gasteiger partial charge in [0, 0.05) is 18.9 Å². The molecule has 0 fully saturated rings. The van der Waals surface area contributed by atoms with Gasteiger partial charge in [-0.3, -0.25) is 4.79 Å². The maximum absolute atomic E-state index is 12.6. The van der Waals surface area contributed by atoms with E-state index in [1.54, 1.807) is 48.5 Å². The fourth-order valence-electron chi connectivity index (χ4n) is 3.49. The number of rotatable bonds is 17. The number of unbranched alkanes of at least 4 members (excludes halogenated alkanes) is 1. The van der Waals surface area contributed by atoms with E-state index in [1.165, 1.54) is 0 Å². The van der Waals surface area contributed by atoms with Crippen molar-refractivity contribution in [3.05, 3.63) is 78.9 Å². The number of carbonyl (C=O) groups excluding carboxylic acids is 3. The standard InChI is InChI=1S/C30H36O8/c1-5-8-10-27(26(32)19-21(4)20-31)35-23-13-11-22(12-14-23)30(34)37-25-17-15-24(16-18-25)36-29(9-6-2)38-28(33)7-3/h7,11-18,20,26-27,29,32H,3-6,8-10,19H2,1-2H3. The average molecular weight is 525 g/mol. The van der Waals surface area contributed by atoms with Crippen molar-refractivity contribution >= 4 is 18.2 Å². The number of benzene rings is 2. The molecule has 204 valence electrons. The van der Waals surface area contributed by atoms with E-state index in [0.29, 0.717) is 47.5 Å². The first kappa shape index (κ1) is 30.3. The molecule has 0 aromatic heterocycles. The van der Waals surface area contributed by atoms with Gasteiger partial charge in [-0.1, -0.05) is 33.4 Å². The summed E-state index contributed by atoms with van der Waals surface area (Å²) >= 11 is 0. The number of hydrogen-bond donors (Lipinski definition) is 1. The van der Waals surface area contributed by atoms with Crippen molar-refractivity contribution < 1.29 is 38.4 Å². The molecular weight excluding hydrogens is 488 g/mol. The Morgan fingerprint density at radius 3 is 2.11 bits per heavy atom. The predicted molar refractivity (Wildman–Crippen MR) is 143 cm³/mol. The first-order valence-corrected chi connectivity index (χ1v) is 12.7. The van der Waals surface area contributed by atoms with Crippen LogP contribution >= 0.6 is 0 Å². The van der Waals surface area contributed by atoms with Crippen LogP contribution in [0.15, 0.2) is 73.3 Å². The van der Waals surface area contributed by atoms with Gasteiger partial charge < -0.3 is 24.1 Å². The van der Waals surface area contributed by atoms with Crippen LogP contribution in [0.25, 0.3) is 0 Å². The molecule has 0 amide bonds. The molecule has 0 aliphatic heterocycles. The van der Waals surface area contributed by atoms with Gasteiger partial charge in [-0.05, 0) is 73.4 Å². The monoisotopic (exact) mass is 524 g/mol. The van der Waals surface area contributed by atoms with Crippen LogP contribution in [0.2, 0.25) is 0 Å². The van der Waals surface area contributed by atoms with Crippen LogP contribution in [-0.2, 0) is 14.3 Å². The third-order valence-electron chi connectivity index (χ3n) is 5.53. The maximum Gasteiger partial charge on any atom is 0.343 e. The summed E-state index contributed by atoms with van der Waals surface area (Å²) in [6.45, 7) is 11.0. The summed E-state index contributed by atoms with van der Waals surface area (Å²) in [5.74, 6) is 0.133. The molecule has 8 nitrogen and oxygen atoms in total. The number of esters is 2. The second-order valence-electron chi connectivity index (χ2n) is 8.71.